The summed E-state index contributed by atoms with van der Waals surface area (Å²) >= 11 is 1.74. The average Bonchev–Trinajstić information content (AvgIpc) is 3.17. The maximum absolute atomic E-state index is 11.9. The van der Waals surface area contributed by atoms with Crippen molar-refractivity contribution in [3.63, 3.8) is 0 Å². The van der Waals surface area contributed by atoms with Gasteiger partial charge in [0, 0.05) is 24.0 Å². The van der Waals surface area contributed by atoms with Crippen LogP contribution < -0.4 is 0 Å². The van der Waals surface area contributed by atoms with Crippen molar-refractivity contribution in [2.24, 2.45) is 5.92 Å². The van der Waals surface area contributed by atoms with Crippen molar-refractivity contribution < 1.29 is 13.2 Å². The Bertz CT molecular complexity index is 600. The molecule has 2 heterocycles. The maximum atomic E-state index is 11.9. The van der Waals surface area contributed by atoms with Gasteiger partial charge in [-0.15, -0.1) is 11.3 Å². The molecule has 4 nitrogen and oxygen atoms in total. The van der Waals surface area contributed by atoms with Crippen molar-refractivity contribution in [1.29, 1.82) is 0 Å². The van der Waals surface area contributed by atoms with Crippen LogP contribution in [0.25, 0.3) is 0 Å². The molecular formula is C18H29NO3S2. The lowest BCUT2D eigenvalue weighted by molar-refractivity contribution is -0.0177. The molecule has 0 amide bonds. The molecule has 0 N–H and O–H groups in total. The van der Waals surface area contributed by atoms with Crippen molar-refractivity contribution in [3.05, 3.63) is 22.4 Å². The van der Waals surface area contributed by atoms with Gasteiger partial charge in [0.25, 0.3) is 0 Å². The summed E-state index contributed by atoms with van der Waals surface area (Å²) in [6.45, 7) is 4.65. The minimum Gasteiger partial charge on any atom is -0.377 e. The van der Waals surface area contributed by atoms with Gasteiger partial charge in [0.15, 0.2) is 9.84 Å². The highest BCUT2D eigenvalue weighted by atomic mass is 32.2. The third-order valence-corrected chi connectivity index (χ3v) is 8.02. The van der Waals surface area contributed by atoms with Gasteiger partial charge in [-0.25, -0.2) is 8.42 Å². The second-order valence-corrected chi connectivity index (χ2v) is 10.5. The summed E-state index contributed by atoms with van der Waals surface area (Å²) in [5, 5.41) is 2.08. The van der Waals surface area contributed by atoms with E-state index in [1.165, 1.54) is 30.6 Å². The molecule has 3 rings (SSSR count). The summed E-state index contributed by atoms with van der Waals surface area (Å²) in [7, 11) is -2.85. The van der Waals surface area contributed by atoms with E-state index >= 15 is 0 Å². The molecule has 136 valence electrons. The highest BCUT2D eigenvalue weighted by Crippen LogP contribution is 2.27. The molecule has 1 aliphatic heterocycles. The van der Waals surface area contributed by atoms with Crippen LogP contribution in [0.1, 0.15) is 43.9 Å². The summed E-state index contributed by atoms with van der Waals surface area (Å²) in [4.78, 5) is 3.62. The lowest BCUT2D eigenvalue weighted by atomic mass is 9.88. The first kappa shape index (κ1) is 18.4. The summed E-state index contributed by atoms with van der Waals surface area (Å²) in [6.07, 6.45) is 6.18. The molecule has 6 heteroatoms. The molecule has 2 aliphatic rings. The number of sulfone groups is 1. The van der Waals surface area contributed by atoms with Gasteiger partial charge in [0.1, 0.15) is 0 Å². The minimum atomic E-state index is -2.85. The van der Waals surface area contributed by atoms with E-state index in [0.29, 0.717) is 30.1 Å². The fourth-order valence-corrected chi connectivity index (χ4v) is 6.40. The van der Waals surface area contributed by atoms with Gasteiger partial charge < -0.3 is 4.74 Å². The largest absolute Gasteiger partial charge is 0.377 e. The van der Waals surface area contributed by atoms with Crippen LogP contribution >= 0.6 is 11.3 Å². The molecule has 1 aromatic heterocycles. The van der Waals surface area contributed by atoms with Crippen molar-refractivity contribution in [3.8, 4) is 0 Å². The van der Waals surface area contributed by atoms with Gasteiger partial charge in [0.05, 0.1) is 24.2 Å². The zero-order valence-electron chi connectivity index (χ0n) is 14.5. The fraction of sp³-hybridized carbons (Fsp3) is 0.778. The number of hydrogen-bond donors (Lipinski definition) is 0. The monoisotopic (exact) mass is 371 g/mol. The molecule has 0 unspecified atom stereocenters. The molecule has 1 saturated carbocycles. The van der Waals surface area contributed by atoms with Crippen LogP contribution in [0.15, 0.2) is 17.5 Å². The molecule has 0 bridgehead atoms. The third-order valence-electron chi connectivity index (χ3n) is 5.41. The van der Waals surface area contributed by atoms with E-state index < -0.39 is 9.84 Å². The zero-order valence-corrected chi connectivity index (χ0v) is 16.2. The topological polar surface area (TPSA) is 46.6 Å². The number of ether oxygens (including phenoxy) is 1. The van der Waals surface area contributed by atoms with Gasteiger partial charge in [-0.1, -0.05) is 25.8 Å². The average molecular weight is 372 g/mol. The Morgan fingerprint density at radius 2 is 2.12 bits per heavy atom. The Labute approximate surface area is 150 Å². The van der Waals surface area contributed by atoms with E-state index in [2.05, 4.69) is 29.3 Å². The normalized spacial score (nSPS) is 30.0. The molecule has 0 spiro atoms. The van der Waals surface area contributed by atoms with Crippen LogP contribution in [-0.2, 0) is 21.1 Å². The standard InChI is InChI=1S/C18H29NO3S2/c1-15-5-2-3-7-18(15)22-10-9-19(13-17-6-4-11-23-17)16-8-12-24(20,21)14-16/h4,6,11,15-16,18H,2-3,5,7-10,12-14H2,1H3/t15-,16-,18-/m1/s1. The Morgan fingerprint density at radius 1 is 1.29 bits per heavy atom. The van der Waals surface area contributed by atoms with Gasteiger partial charge in [-0.3, -0.25) is 4.90 Å². The molecule has 0 aromatic carbocycles. The van der Waals surface area contributed by atoms with E-state index in [-0.39, 0.29) is 6.04 Å². The Morgan fingerprint density at radius 3 is 2.79 bits per heavy atom. The van der Waals surface area contributed by atoms with Crippen LogP contribution in [0.3, 0.4) is 0 Å². The van der Waals surface area contributed by atoms with Crippen LogP contribution in [0.4, 0.5) is 0 Å². The molecule has 1 saturated heterocycles. The quantitative estimate of drug-likeness (QED) is 0.737. The summed E-state index contributed by atoms with van der Waals surface area (Å²) < 4.78 is 29.9. The minimum absolute atomic E-state index is 0.143. The molecule has 2 fully saturated rings. The molecule has 3 atom stereocenters. The van der Waals surface area contributed by atoms with Crippen molar-refractivity contribution in [1.82, 2.24) is 4.90 Å². The predicted molar refractivity (Wildman–Crippen MR) is 99.2 cm³/mol. The number of rotatable bonds is 7. The van der Waals surface area contributed by atoms with Gasteiger partial charge in [0.2, 0.25) is 0 Å². The summed E-state index contributed by atoms with van der Waals surface area (Å²) in [6, 6.07) is 4.33. The van der Waals surface area contributed by atoms with Gasteiger partial charge >= 0.3 is 0 Å². The van der Waals surface area contributed by atoms with E-state index in [9.17, 15) is 8.42 Å². The first-order chi connectivity index (χ1) is 11.5. The smallest absolute Gasteiger partial charge is 0.151 e. The second-order valence-electron chi connectivity index (χ2n) is 7.28. The number of thiophene rings is 1. The summed E-state index contributed by atoms with van der Waals surface area (Å²) in [5.74, 6) is 1.29. The van der Waals surface area contributed by atoms with Crippen LogP contribution in [-0.4, -0.2) is 50.1 Å². The molecular weight excluding hydrogens is 342 g/mol. The first-order valence-corrected chi connectivity index (χ1v) is 11.8. The molecule has 24 heavy (non-hydrogen) atoms. The predicted octanol–water partition coefficient (Wildman–Crippen LogP) is 3.33. The van der Waals surface area contributed by atoms with Gasteiger partial charge in [-0.2, -0.15) is 0 Å². The zero-order chi connectivity index (χ0) is 17.0. The van der Waals surface area contributed by atoms with Crippen LogP contribution in [0.5, 0.6) is 0 Å². The Balaban J connectivity index is 1.55. The number of nitrogens with zero attached hydrogens (tertiary/aromatic N) is 1. The molecule has 0 radical (unpaired) electrons. The van der Waals surface area contributed by atoms with E-state index in [0.717, 1.165) is 19.5 Å². The highest BCUT2D eigenvalue weighted by molar-refractivity contribution is 7.91. The second kappa shape index (κ2) is 8.30. The Kier molecular flexibility index (Phi) is 6.35. The summed E-state index contributed by atoms with van der Waals surface area (Å²) in [5.41, 5.74) is 0. The van der Waals surface area contributed by atoms with E-state index in [1.807, 2.05) is 0 Å². The van der Waals surface area contributed by atoms with Crippen molar-refractivity contribution >= 4 is 21.2 Å². The maximum Gasteiger partial charge on any atom is 0.151 e. The van der Waals surface area contributed by atoms with Gasteiger partial charge in [-0.05, 0) is 36.6 Å². The third kappa shape index (κ3) is 5.04. The fourth-order valence-electron chi connectivity index (χ4n) is 3.91. The first-order valence-electron chi connectivity index (χ1n) is 9.12. The molecule has 1 aromatic rings. The molecule has 1 aliphatic carbocycles. The Hall–Kier alpha value is -0.430. The van der Waals surface area contributed by atoms with E-state index in [4.69, 9.17) is 4.74 Å². The van der Waals surface area contributed by atoms with E-state index in [1.54, 1.807) is 11.3 Å². The van der Waals surface area contributed by atoms with Crippen LogP contribution in [0, 0.1) is 5.92 Å². The van der Waals surface area contributed by atoms with Crippen molar-refractivity contribution in [2.75, 3.05) is 24.7 Å². The van der Waals surface area contributed by atoms with Crippen LogP contribution in [0.2, 0.25) is 0 Å². The van der Waals surface area contributed by atoms with Crippen molar-refractivity contribution in [2.45, 2.75) is 57.7 Å². The lowest BCUT2D eigenvalue weighted by Gasteiger charge is -2.31. The SMILES string of the molecule is C[C@@H]1CCCC[C@H]1OCCN(Cc1cccs1)[C@@H]1CCS(=O)(=O)C1. The number of hydrogen-bond acceptors (Lipinski definition) is 5. The highest BCUT2D eigenvalue weighted by Gasteiger charge is 2.32. The lowest BCUT2D eigenvalue weighted by Crippen LogP contribution is -2.39.